The number of aromatic amines is 1. The molecule has 0 radical (unpaired) electrons. The van der Waals surface area contributed by atoms with Gasteiger partial charge in [0.25, 0.3) is 0 Å². The molecule has 0 fully saturated rings. The number of nitrogens with one attached hydrogen (secondary N) is 2. The van der Waals surface area contributed by atoms with Crippen LogP contribution in [0.1, 0.15) is 26.7 Å². The molecule has 1 aromatic carbocycles. The van der Waals surface area contributed by atoms with Crippen molar-refractivity contribution in [2.24, 2.45) is 0 Å². The molecule has 4 N–H and O–H groups in total. The maximum atomic E-state index is 11.1. The van der Waals surface area contributed by atoms with Crippen molar-refractivity contribution < 1.29 is 9.15 Å². The van der Waals surface area contributed by atoms with E-state index in [9.17, 15) is 4.79 Å². The van der Waals surface area contributed by atoms with E-state index in [1.807, 2.05) is 13.8 Å². The molecule has 20 heavy (non-hydrogen) atoms. The van der Waals surface area contributed by atoms with Gasteiger partial charge in [-0.2, -0.15) is 0 Å². The molecule has 6 heteroatoms. The Hall–Kier alpha value is -1.95. The van der Waals surface area contributed by atoms with Crippen LogP contribution in [0.25, 0.3) is 11.1 Å². The predicted molar refractivity (Wildman–Crippen MR) is 80.1 cm³/mol. The number of anilines is 2. The van der Waals surface area contributed by atoms with Gasteiger partial charge in [0.15, 0.2) is 5.58 Å². The number of ether oxygens (including phenoxy) is 1. The lowest BCUT2D eigenvalue weighted by Crippen LogP contribution is -2.08. The van der Waals surface area contributed by atoms with Crippen LogP contribution in [0.4, 0.5) is 11.4 Å². The highest BCUT2D eigenvalue weighted by molar-refractivity contribution is 5.85. The molecule has 0 bridgehead atoms. The Kier molecular flexibility index (Phi) is 4.68. The Morgan fingerprint density at radius 2 is 2.20 bits per heavy atom. The molecule has 0 saturated carbocycles. The van der Waals surface area contributed by atoms with Crippen molar-refractivity contribution in [3.63, 3.8) is 0 Å². The zero-order chi connectivity index (χ0) is 14.5. The van der Waals surface area contributed by atoms with E-state index in [0.29, 0.717) is 16.8 Å². The molecule has 0 amide bonds. The summed E-state index contributed by atoms with van der Waals surface area (Å²) in [6.07, 6.45) is 2.26. The van der Waals surface area contributed by atoms with Crippen molar-refractivity contribution in [1.29, 1.82) is 0 Å². The second kappa shape index (κ2) is 6.47. The minimum absolute atomic E-state index is 0.277. The lowest BCUT2D eigenvalue weighted by atomic mass is 10.2. The highest BCUT2D eigenvalue weighted by Crippen LogP contribution is 2.24. The maximum Gasteiger partial charge on any atom is 0.417 e. The van der Waals surface area contributed by atoms with Crippen molar-refractivity contribution in [1.82, 2.24) is 4.98 Å². The Balaban J connectivity index is 1.86. The van der Waals surface area contributed by atoms with E-state index in [1.54, 1.807) is 12.1 Å². The first kappa shape index (κ1) is 14.5. The fraction of sp³-hybridized carbons (Fsp3) is 0.500. The third kappa shape index (κ3) is 3.77. The highest BCUT2D eigenvalue weighted by Gasteiger charge is 2.06. The summed E-state index contributed by atoms with van der Waals surface area (Å²) in [5, 5.41) is 3.26. The second-order valence-electron chi connectivity index (χ2n) is 5.00. The van der Waals surface area contributed by atoms with Crippen LogP contribution in [-0.2, 0) is 4.74 Å². The van der Waals surface area contributed by atoms with Crippen molar-refractivity contribution in [3.05, 3.63) is 22.7 Å². The normalized spacial score (nSPS) is 11.3. The molecule has 0 atom stereocenters. The number of H-pyrrole nitrogens is 1. The fourth-order valence-corrected chi connectivity index (χ4v) is 1.94. The average Bonchev–Trinajstić information content (AvgIpc) is 2.72. The van der Waals surface area contributed by atoms with Gasteiger partial charge in [0.1, 0.15) is 0 Å². The number of fused-ring (bicyclic) bond motifs is 1. The zero-order valence-electron chi connectivity index (χ0n) is 11.9. The first-order valence-electron chi connectivity index (χ1n) is 6.84. The van der Waals surface area contributed by atoms with Crippen molar-refractivity contribution >= 4 is 22.5 Å². The van der Waals surface area contributed by atoms with Gasteiger partial charge in [-0.3, -0.25) is 4.98 Å². The van der Waals surface area contributed by atoms with Gasteiger partial charge in [-0.1, -0.05) is 0 Å². The molecular formula is C14H21N3O3. The number of benzene rings is 1. The molecule has 0 aliphatic heterocycles. The largest absolute Gasteiger partial charge is 0.417 e. The van der Waals surface area contributed by atoms with E-state index in [0.717, 1.165) is 31.7 Å². The van der Waals surface area contributed by atoms with E-state index in [2.05, 4.69) is 10.3 Å². The molecular weight excluding hydrogens is 258 g/mol. The van der Waals surface area contributed by atoms with E-state index in [1.165, 1.54) is 0 Å². The quantitative estimate of drug-likeness (QED) is 0.534. The van der Waals surface area contributed by atoms with Gasteiger partial charge in [0, 0.05) is 19.2 Å². The Morgan fingerprint density at radius 3 is 2.95 bits per heavy atom. The predicted octanol–water partition coefficient (Wildman–Crippen LogP) is 2.32. The number of hydrogen-bond donors (Lipinski definition) is 3. The minimum Gasteiger partial charge on any atom is -0.408 e. The summed E-state index contributed by atoms with van der Waals surface area (Å²) in [5.74, 6) is -0.470. The first-order chi connectivity index (χ1) is 9.56. The van der Waals surface area contributed by atoms with Crippen LogP contribution in [0, 0.1) is 0 Å². The summed E-state index contributed by atoms with van der Waals surface area (Å²) in [4.78, 5) is 13.7. The fourth-order valence-electron chi connectivity index (χ4n) is 1.94. The van der Waals surface area contributed by atoms with Crippen molar-refractivity contribution in [3.8, 4) is 0 Å². The van der Waals surface area contributed by atoms with Gasteiger partial charge in [-0.25, -0.2) is 4.79 Å². The van der Waals surface area contributed by atoms with Crippen molar-refractivity contribution in [2.75, 3.05) is 24.2 Å². The second-order valence-corrected chi connectivity index (χ2v) is 5.00. The third-order valence-corrected chi connectivity index (χ3v) is 2.93. The highest BCUT2D eigenvalue weighted by atomic mass is 16.5. The minimum atomic E-state index is -0.470. The van der Waals surface area contributed by atoms with E-state index < -0.39 is 5.76 Å². The first-order valence-corrected chi connectivity index (χ1v) is 6.84. The topological polar surface area (TPSA) is 93.3 Å². The molecule has 110 valence electrons. The number of nitrogen functional groups attached to an aromatic ring is 1. The SMILES string of the molecule is CC(C)OCCCCNc1cc2[nH]c(=O)oc2cc1N. The van der Waals surface area contributed by atoms with Crippen LogP contribution in [-0.4, -0.2) is 24.2 Å². The molecule has 1 aromatic heterocycles. The summed E-state index contributed by atoms with van der Waals surface area (Å²) in [6, 6.07) is 3.44. The van der Waals surface area contributed by atoms with Gasteiger partial charge in [-0.05, 0) is 32.8 Å². The number of nitrogens with two attached hydrogens (primary N) is 1. The summed E-state index contributed by atoms with van der Waals surface area (Å²) in [5.41, 5.74) is 8.41. The summed E-state index contributed by atoms with van der Waals surface area (Å²) in [7, 11) is 0. The van der Waals surface area contributed by atoms with Gasteiger partial charge < -0.3 is 20.2 Å². The van der Waals surface area contributed by atoms with Crippen LogP contribution in [0.15, 0.2) is 21.3 Å². The number of rotatable bonds is 7. The molecule has 0 saturated heterocycles. The molecule has 2 rings (SSSR count). The average molecular weight is 279 g/mol. The summed E-state index contributed by atoms with van der Waals surface area (Å²) >= 11 is 0. The molecule has 6 nitrogen and oxygen atoms in total. The zero-order valence-corrected chi connectivity index (χ0v) is 11.9. The smallest absolute Gasteiger partial charge is 0.408 e. The van der Waals surface area contributed by atoms with Gasteiger partial charge in [0.2, 0.25) is 0 Å². The van der Waals surface area contributed by atoms with Crippen LogP contribution in [0.3, 0.4) is 0 Å². The van der Waals surface area contributed by atoms with Crippen LogP contribution in [0.5, 0.6) is 0 Å². The molecule has 1 heterocycles. The monoisotopic (exact) mass is 279 g/mol. The van der Waals surface area contributed by atoms with Gasteiger partial charge >= 0.3 is 5.76 Å². The Labute approximate surface area is 117 Å². The van der Waals surface area contributed by atoms with Crippen LogP contribution >= 0.6 is 0 Å². The van der Waals surface area contributed by atoms with Crippen molar-refractivity contribution in [2.45, 2.75) is 32.8 Å². The Bertz CT molecular complexity index is 616. The van der Waals surface area contributed by atoms with E-state index in [4.69, 9.17) is 14.9 Å². The Morgan fingerprint density at radius 1 is 1.40 bits per heavy atom. The lowest BCUT2D eigenvalue weighted by molar-refractivity contribution is 0.0765. The lowest BCUT2D eigenvalue weighted by Gasteiger charge is -2.10. The molecule has 0 aliphatic carbocycles. The number of hydrogen-bond acceptors (Lipinski definition) is 5. The summed E-state index contributed by atoms with van der Waals surface area (Å²) < 4.78 is 10.4. The van der Waals surface area contributed by atoms with Gasteiger partial charge in [-0.15, -0.1) is 0 Å². The number of unbranched alkanes of at least 4 members (excludes halogenated alkanes) is 1. The van der Waals surface area contributed by atoms with E-state index >= 15 is 0 Å². The van der Waals surface area contributed by atoms with Gasteiger partial charge in [0.05, 0.1) is 23.0 Å². The third-order valence-electron chi connectivity index (χ3n) is 2.93. The molecule has 0 spiro atoms. The maximum absolute atomic E-state index is 11.1. The molecule has 0 unspecified atom stereocenters. The number of aromatic nitrogens is 1. The molecule has 0 aliphatic rings. The van der Waals surface area contributed by atoms with Crippen LogP contribution in [0.2, 0.25) is 0 Å². The summed E-state index contributed by atoms with van der Waals surface area (Å²) in [6.45, 7) is 5.63. The standard InChI is InChI=1S/C14H21N3O3/c1-9(2)19-6-4-3-5-16-11-8-12-13(7-10(11)15)20-14(18)17-12/h7-9,16H,3-6,15H2,1-2H3,(H,17,18). The van der Waals surface area contributed by atoms with Crippen LogP contribution < -0.4 is 16.8 Å². The van der Waals surface area contributed by atoms with E-state index in [-0.39, 0.29) is 6.10 Å². The number of oxazole rings is 1. The molecule has 2 aromatic rings.